The molecule has 0 amide bonds. The fourth-order valence-corrected chi connectivity index (χ4v) is 2.07. The number of benzene rings is 1. The van der Waals surface area contributed by atoms with Crippen molar-refractivity contribution in [3.63, 3.8) is 0 Å². The van der Waals surface area contributed by atoms with E-state index < -0.39 is 5.54 Å². The summed E-state index contributed by atoms with van der Waals surface area (Å²) in [5.74, 6) is 0. The van der Waals surface area contributed by atoms with Crippen LogP contribution in [0, 0.1) is 10.5 Å². The standard InChI is InChI=1S/C11H16INO/c1-8-3-4-9(12)7-10(8)11(2,13)5-6-14/h3-4,7,14H,5-6,13H2,1-2H3/t11-/m1/s1. The highest BCUT2D eigenvalue weighted by molar-refractivity contribution is 14.1. The van der Waals surface area contributed by atoms with Gasteiger partial charge in [0.2, 0.25) is 0 Å². The number of rotatable bonds is 3. The van der Waals surface area contributed by atoms with Gasteiger partial charge in [-0.2, -0.15) is 0 Å². The number of aliphatic hydroxyl groups is 1. The van der Waals surface area contributed by atoms with Gasteiger partial charge in [-0.25, -0.2) is 0 Å². The van der Waals surface area contributed by atoms with E-state index in [0.29, 0.717) is 6.42 Å². The first-order valence-electron chi connectivity index (χ1n) is 4.64. The SMILES string of the molecule is Cc1ccc(I)cc1[C@](C)(N)CCO. The van der Waals surface area contributed by atoms with Gasteiger partial charge < -0.3 is 10.8 Å². The summed E-state index contributed by atoms with van der Waals surface area (Å²) >= 11 is 2.27. The number of hydrogen-bond donors (Lipinski definition) is 2. The number of hydrogen-bond acceptors (Lipinski definition) is 2. The van der Waals surface area contributed by atoms with Gasteiger partial charge in [0.15, 0.2) is 0 Å². The quantitative estimate of drug-likeness (QED) is 0.841. The number of aryl methyl sites for hydroxylation is 1. The highest BCUT2D eigenvalue weighted by Gasteiger charge is 2.22. The highest BCUT2D eigenvalue weighted by atomic mass is 127. The highest BCUT2D eigenvalue weighted by Crippen LogP contribution is 2.26. The van der Waals surface area contributed by atoms with E-state index in [1.165, 1.54) is 9.13 Å². The second kappa shape index (κ2) is 4.59. The molecule has 0 unspecified atom stereocenters. The molecule has 0 aliphatic rings. The number of halogens is 1. The lowest BCUT2D eigenvalue weighted by atomic mass is 9.87. The fraction of sp³-hybridized carbons (Fsp3) is 0.455. The zero-order chi connectivity index (χ0) is 10.8. The van der Waals surface area contributed by atoms with Gasteiger partial charge in [-0.3, -0.25) is 0 Å². The van der Waals surface area contributed by atoms with E-state index >= 15 is 0 Å². The van der Waals surface area contributed by atoms with E-state index in [1.54, 1.807) is 0 Å². The van der Waals surface area contributed by atoms with Gasteiger partial charge in [0, 0.05) is 15.7 Å². The maximum atomic E-state index is 8.94. The van der Waals surface area contributed by atoms with Crippen LogP contribution >= 0.6 is 22.6 Å². The molecule has 1 rings (SSSR count). The molecule has 0 bridgehead atoms. The molecule has 0 saturated carbocycles. The van der Waals surface area contributed by atoms with Crippen molar-refractivity contribution in [3.8, 4) is 0 Å². The van der Waals surface area contributed by atoms with Crippen molar-refractivity contribution in [2.45, 2.75) is 25.8 Å². The van der Waals surface area contributed by atoms with Crippen LogP contribution in [-0.4, -0.2) is 11.7 Å². The lowest BCUT2D eigenvalue weighted by molar-refractivity contribution is 0.247. The van der Waals surface area contributed by atoms with Crippen LogP contribution < -0.4 is 5.73 Å². The summed E-state index contributed by atoms with van der Waals surface area (Å²) < 4.78 is 1.18. The predicted octanol–water partition coefficient (Wildman–Crippen LogP) is 2.16. The molecular weight excluding hydrogens is 289 g/mol. The van der Waals surface area contributed by atoms with Crippen molar-refractivity contribution in [1.82, 2.24) is 0 Å². The third kappa shape index (κ3) is 2.68. The van der Waals surface area contributed by atoms with Crippen molar-refractivity contribution in [2.75, 3.05) is 6.61 Å². The second-order valence-corrected chi connectivity index (χ2v) is 5.10. The van der Waals surface area contributed by atoms with Crippen molar-refractivity contribution in [1.29, 1.82) is 0 Å². The first-order valence-corrected chi connectivity index (χ1v) is 5.71. The van der Waals surface area contributed by atoms with Crippen LogP contribution in [0.25, 0.3) is 0 Å². The van der Waals surface area contributed by atoms with Crippen LogP contribution in [0.15, 0.2) is 18.2 Å². The summed E-state index contributed by atoms with van der Waals surface area (Å²) in [7, 11) is 0. The van der Waals surface area contributed by atoms with E-state index in [4.69, 9.17) is 10.8 Å². The van der Waals surface area contributed by atoms with E-state index in [-0.39, 0.29) is 6.61 Å². The molecule has 0 aromatic heterocycles. The Morgan fingerprint density at radius 3 is 2.71 bits per heavy atom. The Kier molecular flexibility index (Phi) is 3.92. The Morgan fingerprint density at radius 2 is 2.14 bits per heavy atom. The molecule has 0 aliphatic heterocycles. The van der Waals surface area contributed by atoms with Gasteiger partial charge >= 0.3 is 0 Å². The monoisotopic (exact) mass is 305 g/mol. The Bertz CT molecular complexity index is 323. The molecule has 1 atom stereocenters. The molecule has 0 aliphatic carbocycles. The normalized spacial score (nSPS) is 15.2. The Hall–Kier alpha value is -0.130. The van der Waals surface area contributed by atoms with E-state index in [1.807, 2.05) is 13.8 Å². The Balaban J connectivity index is 3.10. The van der Waals surface area contributed by atoms with Crippen molar-refractivity contribution < 1.29 is 5.11 Å². The van der Waals surface area contributed by atoms with Crippen LogP contribution in [0.2, 0.25) is 0 Å². The number of aliphatic hydroxyl groups excluding tert-OH is 1. The van der Waals surface area contributed by atoms with Crippen molar-refractivity contribution in [3.05, 3.63) is 32.9 Å². The van der Waals surface area contributed by atoms with Crippen molar-refractivity contribution in [2.24, 2.45) is 5.73 Å². The summed E-state index contributed by atoms with van der Waals surface area (Å²) in [5.41, 5.74) is 8.03. The molecule has 0 spiro atoms. The van der Waals surface area contributed by atoms with Gasteiger partial charge in [-0.05, 0) is 66.1 Å². The molecule has 0 radical (unpaired) electrons. The van der Waals surface area contributed by atoms with E-state index in [9.17, 15) is 0 Å². The summed E-state index contributed by atoms with van der Waals surface area (Å²) in [5, 5.41) is 8.94. The summed E-state index contributed by atoms with van der Waals surface area (Å²) in [4.78, 5) is 0. The molecule has 0 saturated heterocycles. The first-order chi connectivity index (χ1) is 6.47. The topological polar surface area (TPSA) is 46.2 Å². The summed E-state index contributed by atoms with van der Waals surface area (Å²) in [6.45, 7) is 4.13. The van der Waals surface area contributed by atoms with Gasteiger partial charge in [0.25, 0.3) is 0 Å². The largest absolute Gasteiger partial charge is 0.396 e. The molecule has 3 N–H and O–H groups in total. The molecule has 3 heteroatoms. The van der Waals surface area contributed by atoms with Crippen LogP contribution in [0.4, 0.5) is 0 Å². The molecule has 0 heterocycles. The third-order valence-electron chi connectivity index (χ3n) is 2.45. The molecule has 2 nitrogen and oxygen atoms in total. The van der Waals surface area contributed by atoms with Crippen LogP contribution in [0.3, 0.4) is 0 Å². The van der Waals surface area contributed by atoms with Crippen LogP contribution in [0.1, 0.15) is 24.5 Å². The summed E-state index contributed by atoms with van der Waals surface area (Å²) in [6.07, 6.45) is 0.591. The zero-order valence-electron chi connectivity index (χ0n) is 8.55. The number of nitrogens with two attached hydrogens (primary N) is 1. The molecular formula is C11H16INO. The Labute approximate surface area is 98.7 Å². The van der Waals surface area contributed by atoms with E-state index in [2.05, 4.69) is 40.8 Å². The zero-order valence-corrected chi connectivity index (χ0v) is 10.7. The van der Waals surface area contributed by atoms with Gasteiger partial charge in [0.05, 0.1) is 0 Å². The molecule has 0 fully saturated rings. The minimum Gasteiger partial charge on any atom is -0.396 e. The van der Waals surface area contributed by atoms with E-state index in [0.717, 1.165) is 5.56 Å². The third-order valence-corrected chi connectivity index (χ3v) is 3.12. The van der Waals surface area contributed by atoms with Crippen LogP contribution in [-0.2, 0) is 5.54 Å². The average molecular weight is 305 g/mol. The second-order valence-electron chi connectivity index (χ2n) is 3.85. The minimum atomic E-state index is -0.431. The molecule has 78 valence electrons. The minimum absolute atomic E-state index is 0.123. The first kappa shape index (κ1) is 11.9. The maximum absolute atomic E-state index is 8.94. The smallest absolute Gasteiger partial charge is 0.0451 e. The van der Waals surface area contributed by atoms with Crippen molar-refractivity contribution >= 4 is 22.6 Å². The molecule has 14 heavy (non-hydrogen) atoms. The summed E-state index contributed by atoms with van der Waals surface area (Å²) in [6, 6.07) is 6.22. The maximum Gasteiger partial charge on any atom is 0.0451 e. The van der Waals surface area contributed by atoms with Gasteiger partial charge in [-0.15, -0.1) is 0 Å². The molecule has 1 aromatic carbocycles. The average Bonchev–Trinajstić information content (AvgIpc) is 2.09. The Morgan fingerprint density at radius 1 is 1.50 bits per heavy atom. The lowest BCUT2D eigenvalue weighted by Crippen LogP contribution is -2.34. The van der Waals surface area contributed by atoms with Crippen LogP contribution in [0.5, 0.6) is 0 Å². The fourth-order valence-electron chi connectivity index (χ4n) is 1.58. The van der Waals surface area contributed by atoms with Gasteiger partial charge in [0.1, 0.15) is 0 Å². The molecule has 1 aromatic rings. The van der Waals surface area contributed by atoms with Gasteiger partial charge in [-0.1, -0.05) is 6.07 Å². The predicted molar refractivity (Wildman–Crippen MR) is 67.1 cm³/mol. The lowest BCUT2D eigenvalue weighted by Gasteiger charge is -2.26.